The number of hydrogen-bond acceptors (Lipinski definition) is 3. The van der Waals surface area contributed by atoms with Crippen LogP contribution in [0.2, 0.25) is 0 Å². The summed E-state index contributed by atoms with van der Waals surface area (Å²) in [5.41, 5.74) is 1.36. The second-order valence-electron chi connectivity index (χ2n) is 2.43. The van der Waals surface area contributed by atoms with Crippen LogP contribution in [0.1, 0.15) is 10.4 Å². The molecule has 2 nitrogen and oxygen atoms in total. The first-order valence-electron chi connectivity index (χ1n) is 3.69. The van der Waals surface area contributed by atoms with E-state index in [1.807, 2.05) is 0 Å². The van der Waals surface area contributed by atoms with Crippen LogP contribution >= 0.6 is 11.3 Å². The van der Waals surface area contributed by atoms with E-state index >= 15 is 0 Å². The summed E-state index contributed by atoms with van der Waals surface area (Å²) in [6.45, 7) is 3.05. The van der Waals surface area contributed by atoms with Crippen molar-refractivity contribution in [1.82, 2.24) is 5.32 Å². The molecule has 0 radical (unpaired) electrons. The van der Waals surface area contributed by atoms with E-state index in [1.54, 1.807) is 11.3 Å². The van der Waals surface area contributed by atoms with Crippen molar-refractivity contribution in [1.29, 1.82) is 0 Å². The summed E-state index contributed by atoms with van der Waals surface area (Å²) >= 11 is 1.78. The van der Waals surface area contributed by atoms with Gasteiger partial charge < -0.3 is 5.11 Å². The first kappa shape index (κ1) is 8.71. The Hall–Kier alpha value is -0.380. The summed E-state index contributed by atoms with van der Waals surface area (Å²) < 4.78 is 0. The largest absolute Gasteiger partial charge is 0.381 e. The van der Waals surface area contributed by atoms with Gasteiger partial charge in [0.05, 0.1) is 6.73 Å². The molecule has 0 saturated heterocycles. The first-order chi connectivity index (χ1) is 5.34. The number of hydrogen-bond donors (Lipinski definition) is 2. The van der Waals surface area contributed by atoms with E-state index in [0.717, 1.165) is 13.0 Å². The molecule has 1 aromatic heterocycles. The van der Waals surface area contributed by atoms with Gasteiger partial charge in [0.15, 0.2) is 0 Å². The Labute approximate surface area is 70.9 Å². The third-order valence-corrected chi connectivity index (χ3v) is 2.69. The van der Waals surface area contributed by atoms with Gasteiger partial charge in [-0.05, 0) is 30.4 Å². The van der Waals surface area contributed by atoms with Gasteiger partial charge in [0.2, 0.25) is 0 Å². The number of aryl methyl sites for hydroxylation is 1. The van der Waals surface area contributed by atoms with Gasteiger partial charge in [0.25, 0.3) is 0 Å². The minimum Gasteiger partial charge on any atom is -0.381 e. The highest BCUT2D eigenvalue weighted by atomic mass is 32.1. The Morgan fingerprint density at radius 3 is 3.00 bits per heavy atom. The predicted molar refractivity (Wildman–Crippen MR) is 47.8 cm³/mol. The van der Waals surface area contributed by atoms with E-state index in [-0.39, 0.29) is 6.73 Å². The van der Waals surface area contributed by atoms with Crippen molar-refractivity contribution < 1.29 is 5.11 Å². The zero-order valence-electron chi connectivity index (χ0n) is 6.63. The van der Waals surface area contributed by atoms with Gasteiger partial charge in [-0.3, -0.25) is 5.32 Å². The van der Waals surface area contributed by atoms with Crippen molar-refractivity contribution in [3.8, 4) is 0 Å². The number of aliphatic hydroxyl groups excluding tert-OH is 1. The van der Waals surface area contributed by atoms with E-state index in [9.17, 15) is 0 Å². The summed E-state index contributed by atoms with van der Waals surface area (Å²) in [5.74, 6) is 0. The molecular weight excluding hydrogens is 158 g/mol. The minimum absolute atomic E-state index is 0.0738. The molecule has 3 heteroatoms. The molecule has 0 atom stereocenters. The Bertz CT molecular complexity index is 210. The normalized spacial score (nSPS) is 10.4. The quantitative estimate of drug-likeness (QED) is 0.526. The van der Waals surface area contributed by atoms with Crippen LogP contribution in [0.5, 0.6) is 0 Å². The van der Waals surface area contributed by atoms with Crippen LogP contribution in [0.4, 0.5) is 0 Å². The van der Waals surface area contributed by atoms with E-state index in [4.69, 9.17) is 5.11 Å². The van der Waals surface area contributed by atoms with Gasteiger partial charge in [-0.1, -0.05) is 0 Å². The fourth-order valence-electron chi connectivity index (χ4n) is 0.941. The third kappa shape index (κ3) is 2.61. The first-order valence-corrected chi connectivity index (χ1v) is 4.57. The molecular formula is C8H13NOS. The van der Waals surface area contributed by atoms with Gasteiger partial charge in [-0.15, -0.1) is 11.3 Å². The fraction of sp³-hybridized carbons (Fsp3) is 0.500. The van der Waals surface area contributed by atoms with Gasteiger partial charge in [-0.25, -0.2) is 0 Å². The third-order valence-electron chi connectivity index (χ3n) is 1.61. The maximum atomic E-state index is 8.46. The molecule has 1 rings (SSSR count). The molecule has 0 amide bonds. The van der Waals surface area contributed by atoms with Crippen LogP contribution in [-0.2, 0) is 6.42 Å². The lowest BCUT2D eigenvalue weighted by Crippen LogP contribution is -2.17. The standard InChI is InChI=1S/C8H13NOS/c1-7-3-5-11-8(7)2-4-9-6-10/h3,5,9-10H,2,4,6H2,1H3. The lowest BCUT2D eigenvalue weighted by atomic mass is 10.2. The van der Waals surface area contributed by atoms with Crippen molar-refractivity contribution in [2.24, 2.45) is 0 Å². The summed E-state index contributed by atoms with van der Waals surface area (Å²) in [7, 11) is 0. The second kappa shape index (κ2) is 4.49. The van der Waals surface area contributed by atoms with Crippen LogP contribution in [0.15, 0.2) is 11.4 Å². The molecule has 0 fully saturated rings. The van der Waals surface area contributed by atoms with Crippen molar-refractivity contribution in [3.05, 3.63) is 21.9 Å². The minimum atomic E-state index is 0.0738. The maximum absolute atomic E-state index is 8.46. The summed E-state index contributed by atoms with van der Waals surface area (Å²) in [4.78, 5) is 1.41. The molecule has 1 aromatic rings. The Kier molecular flexibility index (Phi) is 3.56. The molecule has 0 aliphatic heterocycles. The summed E-state index contributed by atoms with van der Waals surface area (Å²) in [6, 6.07) is 2.12. The molecule has 11 heavy (non-hydrogen) atoms. The van der Waals surface area contributed by atoms with E-state index < -0.39 is 0 Å². The van der Waals surface area contributed by atoms with Gasteiger partial charge in [0.1, 0.15) is 0 Å². The van der Waals surface area contributed by atoms with E-state index in [1.165, 1.54) is 10.4 Å². The SMILES string of the molecule is Cc1ccsc1CCNCO. The number of aliphatic hydroxyl groups is 1. The average molecular weight is 171 g/mol. The smallest absolute Gasteiger partial charge is 0.0931 e. The highest BCUT2D eigenvalue weighted by Gasteiger charge is 1.97. The van der Waals surface area contributed by atoms with Crippen molar-refractivity contribution in [2.75, 3.05) is 13.3 Å². The zero-order valence-corrected chi connectivity index (χ0v) is 7.45. The predicted octanol–water partition coefficient (Wildman–Crippen LogP) is 1.14. The van der Waals surface area contributed by atoms with E-state index in [2.05, 4.69) is 23.7 Å². The van der Waals surface area contributed by atoms with Crippen molar-refractivity contribution in [2.45, 2.75) is 13.3 Å². The second-order valence-corrected chi connectivity index (χ2v) is 3.44. The molecule has 1 heterocycles. The average Bonchev–Trinajstić information content (AvgIpc) is 2.37. The van der Waals surface area contributed by atoms with Crippen molar-refractivity contribution in [3.63, 3.8) is 0 Å². The number of nitrogens with one attached hydrogen (secondary N) is 1. The molecule has 0 aliphatic rings. The van der Waals surface area contributed by atoms with Crippen molar-refractivity contribution >= 4 is 11.3 Å². The Morgan fingerprint density at radius 2 is 2.45 bits per heavy atom. The zero-order chi connectivity index (χ0) is 8.10. The lowest BCUT2D eigenvalue weighted by Gasteiger charge is -1.99. The van der Waals surface area contributed by atoms with Gasteiger partial charge in [-0.2, -0.15) is 0 Å². The Morgan fingerprint density at radius 1 is 1.64 bits per heavy atom. The van der Waals surface area contributed by atoms with Crippen LogP contribution in [0.25, 0.3) is 0 Å². The highest BCUT2D eigenvalue weighted by molar-refractivity contribution is 7.10. The Balaban J connectivity index is 2.32. The molecule has 0 aliphatic carbocycles. The molecule has 0 bridgehead atoms. The van der Waals surface area contributed by atoms with Crippen LogP contribution in [0, 0.1) is 6.92 Å². The molecule has 0 saturated carbocycles. The number of thiophene rings is 1. The topological polar surface area (TPSA) is 32.3 Å². The molecule has 62 valence electrons. The molecule has 0 spiro atoms. The monoisotopic (exact) mass is 171 g/mol. The molecule has 2 N–H and O–H groups in total. The highest BCUT2D eigenvalue weighted by Crippen LogP contribution is 2.15. The van der Waals surface area contributed by atoms with Crippen LogP contribution < -0.4 is 5.32 Å². The molecule has 0 aromatic carbocycles. The lowest BCUT2D eigenvalue weighted by molar-refractivity contribution is 0.262. The van der Waals surface area contributed by atoms with Crippen LogP contribution in [0.3, 0.4) is 0 Å². The number of rotatable bonds is 4. The molecule has 0 unspecified atom stereocenters. The van der Waals surface area contributed by atoms with Crippen LogP contribution in [-0.4, -0.2) is 18.4 Å². The van der Waals surface area contributed by atoms with Gasteiger partial charge in [0, 0.05) is 11.4 Å². The van der Waals surface area contributed by atoms with E-state index in [0.29, 0.717) is 0 Å². The maximum Gasteiger partial charge on any atom is 0.0931 e. The fourth-order valence-corrected chi connectivity index (χ4v) is 1.85. The van der Waals surface area contributed by atoms with Gasteiger partial charge >= 0.3 is 0 Å². The summed E-state index contributed by atoms with van der Waals surface area (Å²) in [6.07, 6.45) is 1.02. The summed E-state index contributed by atoms with van der Waals surface area (Å²) in [5, 5.41) is 13.4.